The zero-order chi connectivity index (χ0) is 27.8. The van der Waals surface area contributed by atoms with E-state index in [-0.39, 0.29) is 18.0 Å². The molecular formula is C30H39FN2O4S. The Bertz CT molecular complexity index is 1290. The molecule has 0 unspecified atom stereocenters. The summed E-state index contributed by atoms with van der Waals surface area (Å²) in [5, 5.41) is 3.37. The summed E-state index contributed by atoms with van der Waals surface area (Å²) in [5.41, 5.74) is 2.75. The Hall–Kier alpha value is -2.89. The molecule has 6 nitrogen and oxygen atoms in total. The quantitative estimate of drug-likeness (QED) is 0.461. The van der Waals surface area contributed by atoms with Crippen molar-refractivity contribution in [3.8, 4) is 33.8 Å². The monoisotopic (exact) mass is 542 g/mol. The van der Waals surface area contributed by atoms with Crippen LogP contribution in [0.1, 0.15) is 37.5 Å². The van der Waals surface area contributed by atoms with E-state index < -0.39 is 15.6 Å². The zero-order valence-corrected chi connectivity index (χ0v) is 24.6. The lowest BCUT2D eigenvalue weighted by atomic mass is 9.92. The summed E-state index contributed by atoms with van der Waals surface area (Å²) in [7, 11) is 0.405. The molecule has 0 aliphatic carbocycles. The van der Waals surface area contributed by atoms with Crippen LogP contribution in [0.15, 0.2) is 24.3 Å². The van der Waals surface area contributed by atoms with Crippen LogP contribution in [0.3, 0.4) is 0 Å². The minimum atomic E-state index is -1.19. The van der Waals surface area contributed by atoms with Crippen LogP contribution in [0, 0.1) is 23.9 Å². The lowest BCUT2D eigenvalue weighted by Crippen LogP contribution is -2.56. The van der Waals surface area contributed by atoms with Gasteiger partial charge in [-0.2, -0.15) is 10.0 Å². The maximum atomic E-state index is 16.1. The number of ether oxygens (including phenoxy) is 3. The Balaban J connectivity index is 1.77. The van der Waals surface area contributed by atoms with Gasteiger partial charge in [0.1, 0.15) is 29.5 Å². The first-order valence-corrected chi connectivity index (χ1v) is 15.7. The first-order chi connectivity index (χ1) is 17.8. The largest absolute Gasteiger partial charge is 0.496 e. The molecule has 0 saturated carbocycles. The number of methoxy groups -OCH3 is 1. The van der Waals surface area contributed by atoms with Gasteiger partial charge in [0.25, 0.3) is 0 Å². The summed E-state index contributed by atoms with van der Waals surface area (Å²) in [6, 6.07) is 7.22. The Morgan fingerprint density at radius 2 is 1.92 bits per heavy atom. The van der Waals surface area contributed by atoms with Gasteiger partial charge in [-0.1, -0.05) is 18.1 Å². The number of aryl methyl sites for hydroxylation is 1. The van der Waals surface area contributed by atoms with Crippen molar-refractivity contribution < 1.29 is 23.4 Å². The molecular weight excluding hydrogens is 503 g/mol. The smallest absolute Gasteiger partial charge is 0.410 e. The van der Waals surface area contributed by atoms with Gasteiger partial charge in [-0.3, -0.25) is 4.90 Å². The Kier molecular flexibility index (Phi) is 7.92. The SMILES string of the molecule is COc1cccc(C)c1-c1c(F)cc2c(c1C#CS(C)(C)C)OC[C@H]1CN(C(=O)OC(C)(C)C)CCN1C2. The molecule has 0 aromatic heterocycles. The van der Waals surface area contributed by atoms with Crippen LogP contribution >= 0.6 is 10.0 Å². The number of benzene rings is 2. The second-order valence-corrected chi connectivity index (χ2v) is 15.6. The van der Waals surface area contributed by atoms with E-state index in [1.54, 1.807) is 18.1 Å². The van der Waals surface area contributed by atoms with Gasteiger partial charge in [-0.05, 0) is 69.4 Å². The lowest BCUT2D eigenvalue weighted by molar-refractivity contribution is -0.00155. The molecule has 8 heteroatoms. The normalized spacial score (nSPS) is 18.2. The third-order valence-corrected chi connectivity index (χ3v) is 7.26. The fraction of sp³-hybridized carbons (Fsp3) is 0.500. The molecule has 0 bridgehead atoms. The van der Waals surface area contributed by atoms with E-state index in [0.29, 0.717) is 61.0 Å². The minimum absolute atomic E-state index is 0.0442. The van der Waals surface area contributed by atoms with Crippen molar-refractivity contribution >= 4 is 16.1 Å². The third kappa shape index (κ3) is 6.22. The number of piperazine rings is 1. The van der Waals surface area contributed by atoms with Crippen LogP contribution < -0.4 is 9.47 Å². The van der Waals surface area contributed by atoms with E-state index in [9.17, 15) is 4.79 Å². The van der Waals surface area contributed by atoms with E-state index in [2.05, 4.69) is 34.8 Å². The van der Waals surface area contributed by atoms with Crippen LogP contribution in [-0.2, 0) is 11.3 Å². The zero-order valence-electron chi connectivity index (χ0n) is 23.7. The van der Waals surface area contributed by atoms with Crippen LogP contribution in [-0.4, -0.2) is 79.7 Å². The number of halogens is 1. The van der Waals surface area contributed by atoms with Gasteiger partial charge in [0.05, 0.1) is 18.7 Å². The maximum Gasteiger partial charge on any atom is 0.410 e. The standard InChI is InChI=1S/C30H39FN2O4S/c1-20-10-9-11-25(35-5)26(20)27-23(12-15-38(6,7)8)28-21(16-24(27)31)17-32-13-14-33(18-22(32)19-36-28)29(34)37-30(2,3)4/h9-11,16,22H,13-14,17-19H2,1-8H3/t22-/m1/s1. The summed E-state index contributed by atoms with van der Waals surface area (Å²) >= 11 is 0. The molecule has 1 fully saturated rings. The number of carbonyl (C=O) groups excluding carboxylic acids is 1. The number of nitrogens with zero attached hydrogens (tertiary/aromatic N) is 2. The highest BCUT2D eigenvalue weighted by Crippen LogP contribution is 2.43. The fourth-order valence-electron chi connectivity index (χ4n) is 4.82. The van der Waals surface area contributed by atoms with E-state index in [4.69, 9.17) is 14.2 Å². The molecule has 0 spiro atoms. The van der Waals surface area contributed by atoms with E-state index in [0.717, 1.165) is 11.1 Å². The second kappa shape index (κ2) is 10.7. The third-order valence-electron chi connectivity index (χ3n) is 6.55. The number of rotatable bonds is 2. The topological polar surface area (TPSA) is 51.2 Å². The van der Waals surface area contributed by atoms with Gasteiger partial charge in [0.2, 0.25) is 0 Å². The van der Waals surface area contributed by atoms with Crippen molar-refractivity contribution in [1.29, 1.82) is 0 Å². The van der Waals surface area contributed by atoms with Gasteiger partial charge >= 0.3 is 6.09 Å². The van der Waals surface area contributed by atoms with Crippen molar-refractivity contribution in [1.82, 2.24) is 9.80 Å². The first kappa shape index (κ1) is 28.1. The van der Waals surface area contributed by atoms with Gasteiger partial charge < -0.3 is 19.1 Å². The summed E-state index contributed by atoms with van der Waals surface area (Å²) in [6.07, 6.45) is 6.01. The van der Waals surface area contributed by atoms with Crippen molar-refractivity contribution in [2.45, 2.75) is 45.9 Å². The van der Waals surface area contributed by atoms with Crippen LogP contribution in [0.25, 0.3) is 11.1 Å². The molecule has 2 aromatic rings. The molecule has 1 amide bonds. The summed E-state index contributed by atoms with van der Waals surface area (Å²) in [4.78, 5) is 16.7. The number of fused-ring (bicyclic) bond motifs is 2. The first-order valence-electron chi connectivity index (χ1n) is 12.8. The average molecular weight is 543 g/mol. The highest BCUT2D eigenvalue weighted by atomic mass is 32.3. The molecule has 2 aliphatic rings. The molecule has 1 saturated heterocycles. The molecule has 2 heterocycles. The Morgan fingerprint density at radius 3 is 2.58 bits per heavy atom. The predicted molar refractivity (Wildman–Crippen MR) is 153 cm³/mol. The van der Waals surface area contributed by atoms with Crippen molar-refractivity contribution in [2.24, 2.45) is 0 Å². The lowest BCUT2D eigenvalue weighted by Gasteiger charge is -2.40. The Labute approximate surface area is 227 Å². The Morgan fingerprint density at radius 1 is 1.18 bits per heavy atom. The predicted octanol–water partition coefficient (Wildman–Crippen LogP) is 5.63. The molecule has 4 rings (SSSR count). The van der Waals surface area contributed by atoms with E-state index in [1.165, 1.54) is 0 Å². The number of hydrogen-bond donors (Lipinski definition) is 0. The van der Waals surface area contributed by atoms with E-state index >= 15 is 4.39 Å². The molecule has 2 aromatic carbocycles. The van der Waals surface area contributed by atoms with Crippen LogP contribution in [0.2, 0.25) is 0 Å². The molecule has 0 N–H and O–H groups in total. The number of hydrogen-bond acceptors (Lipinski definition) is 5. The summed E-state index contributed by atoms with van der Waals surface area (Å²) < 4.78 is 33.8. The second-order valence-electron chi connectivity index (χ2n) is 11.7. The van der Waals surface area contributed by atoms with Gasteiger partial charge in [0.15, 0.2) is 0 Å². The molecule has 0 radical (unpaired) electrons. The summed E-state index contributed by atoms with van der Waals surface area (Å²) in [5.74, 6) is 4.18. The maximum absolute atomic E-state index is 16.1. The molecule has 2 aliphatic heterocycles. The average Bonchev–Trinajstić information content (AvgIpc) is 2.99. The number of amides is 1. The molecule has 206 valence electrons. The number of carbonyl (C=O) groups is 1. The van der Waals surface area contributed by atoms with Gasteiger partial charge in [-0.25, -0.2) is 9.18 Å². The molecule has 1 atom stereocenters. The van der Waals surface area contributed by atoms with Crippen molar-refractivity contribution in [3.05, 3.63) is 46.8 Å². The van der Waals surface area contributed by atoms with Crippen LogP contribution in [0.4, 0.5) is 9.18 Å². The highest BCUT2D eigenvalue weighted by molar-refractivity contribution is 8.35. The van der Waals surface area contributed by atoms with Gasteiger partial charge in [-0.15, -0.1) is 0 Å². The fourth-order valence-corrected chi connectivity index (χ4v) is 5.22. The van der Waals surface area contributed by atoms with Crippen molar-refractivity contribution in [3.63, 3.8) is 0 Å². The highest BCUT2D eigenvalue weighted by Gasteiger charge is 2.36. The minimum Gasteiger partial charge on any atom is -0.496 e. The van der Waals surface area contributed by atoms with E-state index in [1.807, 2.05) is 45.9 Å². The van der Waals surface area contributed by atoms with Gasteiger partial charge in [0, 0.05) is 42.9 Å². The summed E-state index contributed by atoms with van der Waals surface area (Å²) in [6.45, 7) is 10.1. The molecule has 38 heavy (non-hydrogen) atoms. The van der Waals surface area contributed by atoms with Crippen molar-refractivity contribution in [2.75, 3.05) is 52.1 Å². The van der Waals surface area contributed by atoms with Crippen LogP contribution in [0.5, 0.6) is 11.5 Å².